The van der Waals surface area contributed by atoms with Gasteiger partial charge in [0.15, 0.2) is 0 Å². The van der Waals surface area contributed by atoms with E-state index in [0.717, 1.165) is 6.42 Å². The van der Waals surface area contributed by atoms with Gasteiger partial charge in [-0.3, -0.25) is 4.90 Å². The molecule has 1 unspecified atom stereocenters. The summed E-state index contributed by atoms with van der Waals surface area (Å²) >= 11 is 0. The molecule has 0 radical (unpaired) electrons. The smallest absolute Gasteiger partial charge is 0.0309 e. The lowest BCUT2D eigenvalue weighted by atomic mass is 9.87. The summed E-state index contributed by atoms with van der Waals surface area (Å²) in [7, 11) is 2.10. The zero-order chi connectivity index (χ0) is 15.5. The summed E-state index contributed by atoms with van der Waals surface area (Å²) in [6, 6.07) is 9.67. The fourth-order valence-electron chi connectivity index (χ4n) is 3.49. The van der Waals surface area contributed by atoms with Crippen molar-refractivity contribution in [3.05, 3.63) is 35.4 Å². The maximum absolute atomic E-state index is 3.56. The van der Waals surface area contributed by atoms with Gasteiger partial charge in [0, 0.05) is 11.6 Å². The van der Waals surface area contributed by atoms with Crippen molar-refractivity contribution >= 4 is 0 Å². The van der Waals surface area contributed by atoms with E-state index in [4.69, 9.17) is 0 Å². The molecule has 1 atom stereocenters. The highest BCUT2D eigenvalue weighted by Gasteiger charge is 2.35. The van der Waals surface area contributed by atoms with Crippen molar-refractivity contribution in [2.45, 2.75) is 64.5 Å². The first-order valence-electron chi connectivity index (χ1n) is 8.46. The Kier molecular flexibility index (Phi) is 5.45. The molecule has 1 aromatic carbocycles. The Morgan fingerprint density at radius 1 is 1.10 bits per heavy atom. The summed E-state index contributed by atoms with van der Waals surface area (Å²) in [6.07, 6.45) is 3.80. The van der Waals surface area contributed by atoms with Crippen LogP contribution in [0.1, 0.15) is 57.6 Å². The van der Waals surface area contributed by atoms with Crippen LogP contribution in [0.25, 0.3) is 0 Å². The molecular weight excluding hydrogens is 256 g/mol. The molecule has 1 aromatic rings. The Bertz CT molecular complexity index is 427. The fraction of sp³-hybridized carbons (Fsp3) is 0.684. The van der Waals surface area contributed by atoms with Crippen LogP contribution in [0.15, 0.2) is 24.3 Å². The third-order valence-electron chi connectivity index (χ3n) is 5.21. The lowest BCUT2D eigenvalue weighted by molar-refractivity contribution is 0.110. The predicted molar refractivity (Wildman–Crippen MR) is 92.0 cm³/mol. The molecule has 1 aliphatic heterocycles. The number of nitrogens with zero attached hydrogens (tertiary/aromatic N) is 1. The van der Waals surface area contributed by atoms with Crippen LogP contribution in [0.2, 0.25) is 0 Å². The number of nitrogens with one attached hydrogen (secondary N) is 1. The maximum Gasteiger partial charge on any atom is 0.0309 e. The molecule has 118 valence electrons. The van der Waals surface area contributed by atoms with Gasteiger partial charge in [-0.2, -0.15) is 0 Å². The highest BCUT2D eigenvalue weighted by Crippen LogP contribution is 2.26. The van der Waals surface area contributed by atoms with Crippen LogP contribution < -0.4 is 5.32 Å². The van der Waals surface area contributed by atoms with E-state index in [-0.39, 0.29) is 5.54 Å². The summed E-state index contributed by atoms with van der Waals surface area (Å²) in [5, 5.41) is 3.56. The second-order valence-electron chi connectivity index (χ2n) is 7.29. The topological polar surface area (TPSA) is 15.3 Å². The Hall–Kier alpha value is -0.860. The van der Waals surface area contributed by atoms with Crippen LogP contribution >= 0.6 is 0 Å². The molecule has 21 heavy (non-hydrogen) atoms. The zero-order valence-electron chi connectivity index (χ0n) is 14.4. The minimum Gasteiger partial charge on any atom is -0.315 e. The summed E-state index contributed by atoms with van der Waals surface area (Å²) in [5.41, 5.74) is 3.08. The number of benzene rings is 1. The monoisotopic (exact) mass is 288 g/mol. The molecule has 1 saturated heterocycles. The number of hydrogen-bond acceptors (Lipinski definition) is 2. The summed E-state index contributed by atoms with van der Waals surface area (Å²) in [4.78, 5) is 2.65. The van der Waals surface area contributed by atoms with E-state index in [9.17, 15) is 0 Å². The van der Waals surface area contributed by atoms with Crippen molar-refractivity contribution in [1.29, 1.82) is 0 Å². The van der Waals surface area contributed by atoms with Crippen molar-refractivity contribution in [1.82, 2.24) is 10.2 Å². The van der Waals surface area contributed by atoms with E-state index in [1.165, 1.54) is 37.1 Å². The Balaban J connectivity index is 2.07. The van der Waals surface area contributed by atoms with Crippen molar-refractivity contribution in [2.75, 3.05) is 20.1 Å². The van der Waals surface area contributed by atoms with Crippen molar-refractivity contribution in [3.63, 3.8) is 0 Å². The van der Waals surface area contributed by atoms with E-state index in [1.807, 2.05) is 0 Å². The molecule has 2 rings (SSSR count). The number of hydrogen-bond donors (Lipinski definition) is 1. The van der Waals surface area contributed by atoms with Gasteiger partial charge < -0.3 is 5.32 Å². The van der Waals surface area contributed by atoms with Crippen molar-refractivity contribution in [2.24, 2.45) is 0 Å². The van der Waals surface area contributed by atoms with Gasteiger partial charge in [-0.05, 0) is 70.3 Å². The highest BCUT2D eigenvalue weighted by atomic mass is 15.2. The molecule has 0 aromatic heterocycles. The van der Waals surface area contributed by atoms with E-state index in [2.05, 4.69) is 69.2 Å². The van der Waals surface area contributed by atoms with E-state index in [0.29, 0.717) is 12.0 Å². The highest BCUT2D eigenvalue weighted by molar-refractivity contribution is 5.25. The van der Waals surface area contributed by atoms with Crippen molar-refractivity contribution < 1.29 is 0 Å². The van der Waals surface area contributed by atoms with Crippen LogP contribution in [0, 0.1) is 0 Å². The summed E-state index contributed by atoms with van der Waals surface area (Å²) in [6.45, 7) is 11.8. The first kappa shape index (κ1) is 16.5. The second-order valence-corrected chi connectivity index (χ2v) is 7.29. The van der Waals surface area contributed by atoms with Gasteiger partial charge in [0.05, 0.1) is 0 Å². The van der Waals surface area contributed by atoms with Crippen LogP contribution in [0.5, 0.6) is 0 Å². The summed E-state index contributed by atoms with van der Waals surface area (Å²) in [5.74, 6) is 0.611. The third kappa shape index (κ3) is 3.87. The average Bonchev–Trinajstić information content (AvgIpc) is 3.00. The van der Waals surface area contributed by atoms with Crippen LogP contribution in [0.4, 0.5) is 0 Å². The van der Waals surface area contributed by atoms with Gasteiger partial charge in [0.2, 0.25) is 0 Å². The second kappa shape index (κ2) is 6.93. The number of likely N-dealkylation sites (N-methyl/N-ethyl adjacent to an activating group) is 1. The molecule has 1 heterocycles. The number of likely N-dealkylation sites (tertiary alicyclic amines) is 1. The first-order chi connectivity index (χ1) is 9.95. The van der Waals surface area contributed by atoms with Gasteiger partial charge in [-0.25, -0.2) is 0 Å². The minimum atomic E-state index is 0.210. The Morgan fingerprint density at radius 2 is 1.67 bits per heavy atom. The molecule has 0 bridgehead atoms. The van der Waals surface area contributed by atoms with Crippen LogP contribution in [-0.2, 0) is 6.42 Å². The van der Waals surface area contributed by atoms with E-state index >= 15 is 0 Å². The van der Waals surface area contributed by atoms with Gasteiger partial charge in [0.1, 0.15) is 0 Å². The van der Waals surface area contributed by atoms with Crippen LogP contribution in [0.3, 0.4) is 0 Å². The Morgan fingerprint density at radius 3 is 2.14 bits per heavy atom. The largest absolute Gasteiger partial charge is 0.315 e. The third-order valence-corrected chi connectivity index (χ3v) is 5.21. The molecule has 1 aliphatic rings. The van der Waals surface area contributed by atoms with E-state index < -0.39 is 0 Å². The normalized spacial score (nSPS) is 18.4. The van der Waals surface area contributed by atoms with Gasteiger partial charge in [-0.1, -0.05) is 38.1 Å². The molecular formula is C19H32N2. The van der Waals surface area contributed by atoms with Gasteiger partial charge in [0.25, 0.3) is 0 Å². The average molecular weight is 288 g/mol. The molecule has 0 saturated carbocycles. The lowest BCUT2D eigenvalue weighted by Gasteiger charge is -2.42. The molecule has 1 fully saturated rings. The molecule has 2 heteroatoms. The molecule has 0 aliphatic carbocycles. The first-order valence-corrected chi connectivity index (χ1v) is 8.46. The SMILES string of the molecule is CNC(Cc1ccc(C(C)C)cc1)C(C)(C)N1CCCC1. The molecule has 1 N–H and O–H groups in total. The minimum absolute atomic E-state index is 0.210. The fourth-order valence-corrected chi connectivity index (χ4v) is 3.49. The predicted octanol–water partition coefficient (Wildman–Crippen LogP) is 3.81. The standard InChI is InChI=1S/C19H32N2/c1-15(2)17-10-8-16(9-11-17)14-18(20-5)19(3,4)21-12-6-7-13-21/h8-11,15,18,20H,6-7,12-14H2,1-5H3. The van der Waals surface area contributed by atoms with E-state index in [1.54, 1.807) is 0 Å². The van der Waals surface area contributed by atoms with Gasteiger partial charge in [-0.15, -0.1) is 0 Å². The summed E-state index contributed by atoms with van der Waals surface area (Å²) < 4.78 is 0. The van der Waals surface area contributed by atoms with Gasteiger partial charge >= 0.3 is 0 Å². The van der Waals surface area contributed by atoms with Crippen molar-refractivity contribution in [3.8, 4) is 0 Å². The molecule has 0 amide bonds. The van der Waals surface area contributed by atoms with Crippen LogP contribution in [-0.4, -0.2) is 36.6 Å². The zero-order valence-corrected chi connectivity index (χ0v) is 14.4. The number of rotatable bonds is 6. The molecule has 2 nitrogen and oxygen atoms in total. The maximum atomic E-state index is 3.56. The lowest BCUT2D eigenvalue weighted by Crippen LogP contribution is -2.57. The quantitative estimate of drug-likeness (QED) is 0.856. The Labute approximate surface area is 130 Å². The molecule has 0 spiro atoms.